The van der Waals surface area contributed by atoms with Crippen LogP contribution in [0.4, 0.5) is 5.69 Å². The molecule has 0 fully saturated rings. The first-order chi connectivity index (χ1) is 13.1. The molecule has 1 aromatic heterocycles. The van der Waals surface area contributed by atoms with E-state index in [4.69, 9.17) is 9.47 Å². The lowest BCUT2D eigenvalue weighted by atomic mass is 10.1. The fraction of sp³-hybridized carbons (Fsp3) is 0.190. The molecule has 0 aliphatic heterocycles. The molecule has 0 bridgehead atoms. The van der Waals surface area contributed by atoms with Crippen molar-refractivity contribution >= 4 is 11.6 Å². The van der Waals surface area contributed by atoms with E-state index in [0.717, 1.165) is 16.8 Å². The van der Waals surface area contributed by atoms with Crippen molar-refractivity contribution < 1.29 is 14.3 Å². The Morgan fingerprint density at radius 3 is 2.30 bits per heavy atom. The zero-order chi connectivity index (χ0) is 19.1. The molecule has 2 aromatic carbocycles. The normalized spacial score (nSPS) is 10.3. The number of amides is 1. The van der Waals surface area contributed by atoms with Crippen molar-refractivity contribution in [3.63, 3.8) is 0 Å². The van der Waals surface area contributed by atoms with E-state index in [1.165, 1.54) is 0 Å². The zero-order valence-electron chi connectivity index (χ0n) is 15.3. The van der Waals surface area contributed by atoms with Crippen LogP contribution in [-0.2, 0) is 4.79 Å². The van der Waals surface area contributed by atoms with Crippen molar-refractivity contribution in [1.29, 1.82) is 0 Å². The molecule has 1 amide bonds. The van der Waals surface area contributed by atoms with Crippen molar-refractivity contribution in [2.45, 2.75) is 13.8 Å². The van der Waals surface area contributed by atoms with E-state index in [0.29, 0.717) is 23.9 Å². The molecule has 3 aromatic rings. The molecule has 138 valence electrons. The third-order valence-electron chi connectivity index (χ3n) is 3.79. The molecule has 0 spiro atoms. The van der Waals surface area contributed by atoms with Gasteiger partial charge in [0.05, 0.1) is 12.3 Å². The van der Waals surface area contributed by atoms with Crippen LogP contribution in [0.1, 0.15) is 12.5 Å². The molecule has 0 radical (unpaired) electrons. The molecule has 0 unspecified atom stereocenters. The molecule has 0 saturated carbocycles. The number of benzene rings is 2. The molecule has 0 saturated heterocycles. The molecule has 27 heavy (non-hydrogen) atoms. The largest absolute Gasteiger partial charge is 0.484 e. The second-order valence-corrected chi connectivity index (χ2v) is 5.92. The monoisotopic (exact) mass is 363 g/mol. The van der Waals surface area contributed by atoms with Crippen molar-refractivity contribution in [2.24, 2.45) is 0 Å². The zero-order valence-corrected chi connectivity index (χ0v) is 15.3. The summed E-state index contributed by atoms with van der Waals surface area (Å²) in [4.78, 5) is 12.0. The third kappa shape index (κ3) is 5.28. The summed E-state index contributed by atoms with van der Waals surface area (Å²) in [6.07, 6.45) is 0. The van der Waals surface area contributed by atoms with Gasteiger partial charge in [-0.05, 0) is 44.2 Å². The Morgan fingerprint density at radius 1 is 0.926 bits per heavy atom. The van der Waals surface area contributed by atoms with E-state index >= 15 is 0 Å². The average molecular weight is 363 g/mol. The van der Waals surface area contributed by atoms with Crippen LogP contribution < -0.4 is 14.8 Å². The fourth-order valence-corrected chi connectivity index (χ4v) is 2.40. The fourth-order valence-electron chi connectivity index (χ4n) is 2.40. The van der Waals surface area contributed by atoms with Crippen molar-refractivity contribution in [1.82, 2.24) is 10.2 Å². The molecule has 3 rings (SSSR count). The highest BCUT2D eigenvalue weighted by atomic mass is 16.5. The minimum atomic E-state index is -0.218. The maximum atomic E-state index is 12.0. The summed E-state index contributed by atoms with van der Waals surface area (Å²) in [5.41, 5.74) is 3.47. The lowest BCUT2D eigenvalue weighted by Gasteiger charge is -2.08. The lowest BCUT2D eigenvalue weighted by Crippen LogP contribution is -2.20. The average Bonchev–Trinajstić information content (AvgIpc) is 2.69. The highest BCUT2D eigenvalue weighted by Crippen LogP contribution is 2.20. The van der Waals surface area contributed by atoms with Gasteiger partial charge in [0, 0.05) is 17.3 Å². The van der Waals surface area contributed by atoms with Gasteiger partial charge in [-0.15, -0.1) is 10.2 Å². The standard InChI is InChI=1S/C21H21N3O3/c1-3-26-21-13-12-19(23-24-21)16-6-8-17(9-7-16)22-20(25)14-27-18-10-4-15(2)5-11-18/h4-13H,3,14H2,1-2H3,(H,22,25). The van der Waals surface area contributed by atoms with Crippen LogP contribution in [0.5, 0.6) is 11.6 Å². The summed E-state index contributed by atoms with van der Waals surface area (Å²) in [6, 6.07) is 18.6. The molecule has 0 aliphatic carbocycles. The van der Waals surface area contributed by atoms with E-state index in [2.05, 4.69) is 15.5 Å². The second-order valence-electron chi connectivity index (χ2n) is 5.92. The van der Waals surface area contributed by atoms with Crippen LogP contribution in [0.2, 0.25) is 0 Å². The predicted octanol–water partition coefficient (Wildman–Crippen LogP) is 3.87. The van der Waals surface area contributed by atoms with Crippen LogP contribution in [0.25, 0.3) is 11.3 Å². The Balaban J connectivity index is 1.55. The molecule has 6 nitrogen and oxygen atoms in total. The number of ether oxygens (including phenoxy) is 2. The van der Waals surface area contributed by atoms with Gasteiger partial charge in [-0.25, -0.2) is 0 Å². The number of hydrogen-bond acceptors (Lipinski definition) is 5. The third-order valence-corrected chi connectivity index (χ3v) is 3.79. The first-order valence-electron chi connectivity index (χ1n) is 8.70. The molecular weight excluding hydrogens is 342 g/mol. The van der Waals surface area contributed by atoms with Gasteiger partial charge < -0.3 is 14.8 Å². The number of carbonyl (C=O) groups excluding carboxylic acids is 1. The highest BCUT2D eigenvalue weighted by Gasteiger charge is 2.06. The molecule has 1 heterocycles. The number of rotatable bonds is 7. The Kier molecular flexibility index (Phi) is 5.99. The number of aromatic nitrogens is 2. The van der Waals surface area contributed by atoms with Crippen LogP contribution >= 0.6 is 0 Å². The van der Waals surface area contributed by atoms with Gasteiger partial charge in [0.2, 0.25) is 5.88 Å². The Bertz CT molecular complexity index is 876. The van der Waals surface area contributed by atoms with E-state index < -0.39 is 0 Å². The van der Waals surface area contributed by atoms with Gasteiger partial charge in [-0.2, -0.15) is 0 Å². The van der Waals surface area contributed by atoms with Gasteiger partial charge in [-0.3, -0.25) is 4.79 Å². The van der Waals surface area contributed by atoms with Gasteiger partial charge in [0.15, 0.2) is 6.61 Å². The van der Waals surface area contributed by atoms with Crippen LogP contribution in [0.3, 0.4) is 0 Å². The lowest BCUT2D eigenvalue weighted by molar-refractivity contribution is -0.118. The summed E-state index contributed by atoms with van der Waals surface area (Å²) in [5.74, 6) is 0.947. The number of anilines is 1. The minimum Gasteiger partial charge on any atom is -0.484 e. The molecule has 1 N–H and O–H groups in total. The topological polar surface area (TPSA) is 73.3 Å². The number of aryl methyl sites for hydroxylation is 1. The Hall–Kier alpha value is -3.41. The summed E-state index contributed by atoms with van der Waals surface area (Å²) in [5, 5.41) is 11.0. The van der Waals surface area contributed by atoms with Crippen molar-refractivity contribution in [3.8, 4) is 22.9 Å². The quantitative estimate of drug-likeness (QED) is 0.690. The smallest absolute Gasteiger partial charge is 0.262 e. The number of hydrogen-bond donors (Lipinski definition) is 1. The second kappa shape index (κ2) is 8.80. The maximum absolute atomic E-state index is 12.0. The first kappa shape index (κ1) is 18.4. The first-order valence-corrected chi connectivity index (χ1v) is 8.70. The van der Waals surface area contributed by atoms with Gasteiger partial charge in [-0.1, -0.05) is 29.8 Å². The van der Waals surface area contributed by atoms with Crippen LogP contribution in [-0.4, -0.2) is 29.3 Å². The number of nitrogens with zero attached hydrogens (tertiary/aromatic N) is 2. The Labute approximate surface area is 158 Å². The summed E-state index contributed by atoms with van der Waals surface area (Å²) < 4.78 is 10.8. The maximum Gasteiger partial charge on any atom is 0.262 e. The van der Waals surface area contributed by atoms with Gasteiger partial charge in [0.25, 0.3) is 5.91 Å². The highest BCUT2D eigenvalue weighted by molar-refractivity contribution is 5.92. The van der Waals surface area contributed by atoms with E-state index in [1.54, 1.807) is 6.07 Å². The van der Waals surface area contributed by atoms with Gasteiger partial charge >= 0.3 is 0 Å². The predicted molar refractivity (Wildman–Crippen MR) is 104 cm³/mol. The molecule has 0 aliphatic rings. The molecular formula is C21H21N3O3. The van der Waals surface area contributed by atoms with Crippen LogP contribution in [0.15, 0.2) is 60.7 Å². The van der Waals surface area contributed by atoms with Gasteiger partial charge in [0.1, 0.15) is 5.75 Å². The number of carbonyl (C=O) groups is 1. The van der Waals surface area contributed by atoms with Crippen molar-refractivity contribution in [2.75, 3.05) is 18.5 Å². The molecule has 0 atom stereocenters. The van der Waals surface area contributed by atoms with E-state index in [1.807, 2.05) is 68.4 Å². The van der Waals surface area contributed by atoms with E-state index in [9.17, 15) is 4.79 Å². The Morgan fingerprint density at radius 2 is 1.67 bits per heavy atom. The van der Waals surface area contributed by atoms with Crippen molar-refractivity contribution in [3.05, 3.63) is 66.2 Å². The molecule has 6 heteroatoms. The number of nitrogens with one attached hydrogen (secondary N) is 1. The summed E-state index contributed by atoms with van der Waals surface area (Å²) in [6.45, 7) is 4.40. The summed E-state index contributed by atoms with van der Waals surface area (Å²) >= 11 is 0. The van der Waals surface area contributed by atoms with E-state index in [-0.39, 0.29) is 12.5 Å². The summed E-state index contributed by atoms with van der Waals surface area (Å²) in [7, 11) is 0. The van der Waals surface area contributed by atoms with Crippen LogP contribution in [0, 0.1) is 6.92 Å². The minimum absolute atomic E-state index is 0.0464. The SMILES string of the molecule is CCOc1ccc(-c2ccc(NC(=O)COc3ccc(C)cc3)cc2)nn1.